The molecule has 0 aromatic heterocycles. The van der Waals surface area contributed by atoms with Crippen molar-refractivity contribution in [1.82, 2.24) is 0 Å². The van der Waals surface area contributed by atoms with E-state index in [2.05, 4.69) is 12.2 Å². The van der Waals surface area contributed by atoms with Crippen molar-refractivity contribution in [3.8, 4) is 5.75 Å². The lowest BCUT2D eigenvalue weighted by molar-refractivity contribution is -0.138. The fourth-order valence-corrected chi connectivity index (χ4v) is 2.11. The van der Waals surface area contributed by atoms with Crippen molar-refractivity contribution in [2.75, 3.05) is 12.4 Å². The number of carbonyl (C=O) groups is 1. The van der Waals surface area contributed by atoms with Gasteiger partial charge in [0.15, 0.2) is 6.04 Å². The molecule has 2 N–H and O–H groups in total. The van der Waals surface area contributed by atoms with Crippen molar-refractivity contribution in [2.45, 2.75) is 19.4 Å². The molecule has 0 bridgehead atoms. The van der Waals surface area contributed by atoms with Crippen LogP contribution in [-0.2, 0) is 11.2 Å². The Balaban J connectivity index is 2.23. The lowest BCUT2D eigenvalue weighted by atomic mass is 10.0. The molecular weight excluding hydrogens is 266 g/mol. The zero-order chi connectivity index (χ0) is 15.2. The topological polar surface area (TPSA) is 58.6 Å². The van der Waals surface area contributed by atoms with Crippen LogP contribution in [0.4, 0.5) is 5.69 Å². The van der Waals surface area contributed by atoms with Gasteiger partial charge in [-0.1, -0.05) is 37.3 Å². The van der Waals surface area contributed by atoms with Gasteiger partial charge in [0, 0.05) is 11.8 Å². The summed E-state index contributed by atoms with van der Waals surface area (Å²) in [5, 5.41) is 12.5. The maximum atomic E-state index is 11.5. The van der Waals surface area contributed by atoms with Gasteiger partial charge in [0.25, 0.3) is 0 Å². The lowest BCUT2D eigenvalue weighted by Gasteiger charge is -2.17. The highest BCUT2D eigenvalue weighted by atomic mass is 16.5. The molecule has 4 nitrogen and oxygen atoms in total. The minimum atomic E-state index is -0.915. The van der Waals surface area contributed by atoms with E-state index in [9.17, 15) is 9.90 Å². The number of aliphatic carboxylic acids is 1. The second-order valence-electron chi connectivity index (χ2n) is 4.74. The molecule has 0 saturated carbocycles. The second-order valence-corrected chi connectivity index (χ2v) is 4.74. The Hall–Kier alpha value is -2.49. The van der Waals surface area contributed by atoms with Gasteiger partial charge in [-0.15, -0.1) is 0 Å². The zero-order valence-electron chi connectivity index (χ0n) is 12.2. The average molecular weight is 285 g/mol. The van der Waals surface area contributed by atoms with Crippen molar-refractivity contribution in [3.63, 3.8) is 0 Å². The van der Waals surface area contributed by atoms with E-state index < -0.39 is 12.0 Å². The Labute approximate surface area is 124 Å². The molecule has 1 unspecified atom stereocenters. The summed E-state index contributed by atoms with van der Waals surface area (Å²) in [5.41, 5.74) is 2.62. The molecule has 0 aliphatic rings. The highest BCUT2D eigenvalue weighted by Crippen LogP contribution is 2.23. The summed E-state index contributed by atoms with van der Waals surface area (Å²) in [4.78, 5) is 11.5. The molecule has 0 fully saturated rings. The van der Waals surface area contributed by atoms with E-state index in [0.717, 1.165) is 12.0 Å². The summed E-state index contributed by atoms with van der Waals surface area (Å²) < 4.78 is 5.15. The van der Waals surface area contributed by atoms with Crippen molar-refractivity contribution < 1.29 is 14.6 Å². The summed E-state index contributed by atoms with van der Waals surface area (Å²) >= 11 is 0. The molecule has 0 spiro atoms. The Morgan fingerprint density at radius 3 is 2.52 bits per heavy atom. The number of hydrogen-bond acceptors (Lipinski definition) is 3. The van der Waals surface area contributed by atoms with Gasteiger partial charge in [-0.2, -0.15) is 0 Å². The van der Waals surface area contributed by atoms with Gasteiger partial charge < -0.3 is 15.2 Å². The molecule has 0 amide bonds. The van der Waals surface area contributed by atoms with E-state index >= 15 is 0 Å². The second kappa shape index (κ2) is 6.79. The first-order valence-electron chi connectivity index (χ1n) is 6.86. The molecule has 1 atom stereocenters. The maximum absolute atomic E-state index is 11.5. The molecule has 0 aliphatic carbocycles. The molecular formula is C17H19NO3. The predicted octanol–water partition coefficient (Wildman–Crippen LogP) is 3.50. The first-order chi connectivity index (χ1) is 10.1. The number of methoxy groups -OCH3 is 1. The van der Waals surface area contributed by atoms with Crippen LogP contribution in [0.15, 0.2) is 48.5 Å². The molecule has 0 aliphatic heterocycles. The largest absolute Gasteiger partial charge is 0.497 e. The third-order valence-corrected chi connectivity index (χ3v) is 3.35. The maximum Gasteiger partial charge on any atom is 0.330 e. The van der Waals surface area contributed by atoms with Crippen molar-refractivity contribution in [3.05, 3.63) is 59.7 Å². The van der Waals surface area contributed by atoms with Crippen LogP contribution in [0.5, 0.6) is 5.75 Å². The Morgan fingerprint density at radius 2 is 1.95 bits per heavy atom. The quantitative estimate of drug-likeness (QED) is 0.853. The van der Waals surface area contributed by atoms with E-state index in [1.807, 2.05) is 42.5 Å². The Kier molecular flexibility index (Phi) is 4.82. The van der Waals surface area contributed by atoms with Crippen LogP contribution in [0, 0.1) is 0 Å². The SMILES string of the molecule is CCc1ccc(C(Nc2cccc(OC)c2)C(=O)O)cc1. The van der Waals surface area contributed by atoms with Crippen LogP contribution < -0.4 is 10.1 Å². The van der Waals surface area contributed by atoms with Gasteiger partial charge in [0.1, 0.15) is 5.75 Å². The van der Waals surface area contributed by atoms with Gasteiger partial charge >= 0.3 is 5.97 Å². The molecule has 4 heteroatoms. The molecule has 2 aromatic carbocycles. The van der Waals surface area contributed by atoms with Gasteiger partial charge in [0.05, 0.1) is 7.11 Å². The van der Waals surface area contributed by atoms with Gasteiger partial charge in [-0.05, 0) is 29.7 Å². The first kappa shape index (κ1) is 14.9. The molecule has 0 radical (unpaired) electrons. The Morgan fingerprint density at radius 1 is 1.24 bits per heavy atom. The Bertz CT molecular complexity index is 608. The van der Waals surface area contributed by atoms with Crippen LogP contribution in [0.2, 0.25) is 0 Å². The summed E-state index contributed by atoms with van der Waals surface area (Å²) in [6, 6.07) is 14.1. The third kappa shape index (κ3) is 3.75. The number of anilines is 1. The van der Waals surface area contributed by atoms with Crippen LogP contribution in [0.1, 0.15) is 24.1 Å². The van der Waals surface area contributed by atoms with Crippen LogP contribution in [0.25, 0.3) is 0 Å². The normalized spacial score (nSPS) is 11.7. The van der Waals surface area contributed by atoms with Gasteiger partial charge in [0.2, 0.25) is 0 Å². The minimum Gasteiger partial charge on any atom is -0.497 e. The number of rotatable bonds is 6. The number of carboxylic acids is 1. The zero-order valence-corrected chi connectivity index (χ0v) is 12.2. The molecule has 110 valence electrons. The van der Waals surface area contributed by atoms with E-state index in [1.54, 1.807) is 13.2 Å². The summed E-state index contributed by atoms with van der Waals surface area (Å²) in [6.45, 7) is 2.07. The summed E-state index contributed by atoms with van der Waals surface area (Å²) in [7, 11) is 1.58. The van der Waals surface area contributed by atoms with E-state index in [-0.39, 0.29) is 0 Å². The minimum absolute atomic E-state index is 0.686. The number of aryl methyl sites for hydroxylation is 1. The van der Waals surface area contributed by atoms with Crippen molar-refractivity contribution >= 4 is 11.7 Å². The monoisotopic (exact) mass is 285 g/mol. The standard InChI is InChI=1S/C17H19NO3/c1-3-12-7-9-13(10-8-12)16(17(19)20)18-14-5-4-6-15(11-14)21-2/h4-11,16,18H,3H2,1-2H3,(H,19,20). The number of nitrogens with one attached hydrogen (secondary N) is 1. The molecule has 21 heavy (non-hydrogen) atoms. The van der Waals surface area contributed by atoms with Crippen LogP contribution >= 0.6 is 0 Å². The summed E-state index contributed by atoms with van der Waals surface area (Å²) in [5.74, 6) is -0.229. The molecule has 0 heterocycles. The molecule has 0 saturated heterocycles. The smallest absolute Gasteiger partial charge is 0.330 e. The van der Waals surface area contributed by atoms with Crippen LogP contribution in [0.3, 0.4) is 0 Å². The van der Waals surface area contributed by atoms with E-state index in [0.29, 0.717) is 11.4 Å². The number of benzene rings is 2. The van der Waals surface area contributed by atoms with Crippen LogP contribution in [-0.4, -0.2) is 18.2 Å². The molecule has 2 rings (SSSR count). The lowest BCUT2D eigenvalue weighted by Crippen LogP contribution is -2.20. The van der Waals surface area contributed by atoms with Crippen molar-refractivity contribution in [2.24, 2.45) is 0 Å². The fourth-order valence-electron chi connectivity index (χ4n) is 2.11. The fraction of sp³-hybridized carbons (Fsp3) is 0.235. The van der Waals surface area contributed by atoms with E-state index in [4.69, 9.17) is 4.74 Å². The molecule has 2 aromatic rings. The highest BCUT2D eigenvalue weighted by molar-refractivity contribution is 5.79. The van der Waals surface area contributed by atoms with Gasteiger partial charge in [-0.25, -0.2) is 4.79 Å². The van der Waals surface area contributed by atoms with E-state index in [1.165, 1.54) is 5.56 Å². The van der Waals surface area contributed by atoms with Crippen molar-refractivity contribution in [1.29, 1.82) is 0 Å². The highest BCUT2D eigenvalue weighted by Gasteiger charge is 2.19. The van der Waals surface area contributed by atoms with Gasteiger partial charge in [-0.3, -0.25) is 0 Å². The summed E-state index contributed by atoms with van der Waals surface area (Å²) in [6.07, 6.45) is 0.932. The first-order valence-corrected chi connectivity index (χ1v) is 6.86. The predicted molar refractivity (Wildman–Crippen MR) is 82.8 cm³/mol. The third-order valence-electron chi connectivity index (χ3n) is 3.35. The average Bonchev–Trinajstić information content (AvgIpc) is 2.52. The number of hydrogen-bond donors (Lipinski definition) is 2. The number of carboxylic acid groups (broad SMARTS) is 1. The number of ether oxygens (including phenoxy) is 1.